The Morgan fingerprint density at radius 1 is 1.13 bits per heavy atom. The molecule has 8 heteroatoms. The second-order valence-corrected chi connectivity index (χ2v) is 7.46. The van der Waals surface area contributed by atoms with Crippen LogP contribution < -0.4 is 10.2 Å². The minimum atomic E-state index is -0.765. The Hall–Kier alpha value is -3.78. The fourth-order valence-electron chi connectivity index (χ4n) is 3.68. The lowest BCUT2D eigenvalue weighted by molar-refractivity contribution is 0.0888. The first kappa shape index (κ1) is 19.2. The van der Waals surface area contributed by atoms with E-state index in [1.165, 1.54) is 18.3 Å². The molecular weight excluding hydrogens is 399 g/mol. The average molecular weight is 418 g/mol. The molecule has 1 amide bonds. The molecule has 5 rings (SSSR count). The standard InChI is InChI=1S/C23H19FN4O3/c24-16-5-3-4-14(10-16)17-9-8-15(11-25-17)22(30)26-19-12-28(13-20(19)29)23-27-18-6-1-2-7-21(18)31-23/h1-11,19-20,29H,12-13H2,(H,26,30)/t19-,20-/m1/s1. The Morgan fingerprint density at radius 2 is 2.00 bits per heavy atom. The molecule has 0 bridgehead atoms. The summed E-state index contributed by atoms with van der Waals surface area (Å²) >= 11 is 0. The summed E-state index contributed by atoms with van der Waals surface area (Å²) in [5.74, 6) is -0.693. The van der Waals surface area contributed by atoms with Gasteiger partial charge in [0.2, 0.25) is 0 Å². The first-order valence-electron chi connectivity index (χ1n) is 9.88. The van der Waals surface area contributed by atoms with Gasteiger partial charge in [-0.25, -0.2) is 4.39 Å². The Balaban J connectivity index is 1.26. The summed E-state index contributed by atoms with van der Waals surface area (Å²) in [6.07, 6.45) is 0.675. The Kier molecular flexibility index (Phi) is 4.83. The number of fused-ring (bicyclic) bond motifs is 1. The SMILES string of the molecule is O=C(N[C@@H]1CN(c2nc3ccccc3o2)C[C@H]1O)c1ccc(-c2cccc(F)c2)nc1. The number of nitrogens with one attached hydrogen (secondary N) is 1. The van der Waals surface area contributed by atoms with Crippen molar-refractivity contribution in [2.75, 3.05) is 18.0 Å². The lowest BCUT2D eigenvalue weighted by Gasteiger charge is -2.15. The molecule has 3 heterocycles. The van der Waals surface area contributed by atoms with Gasteiger partial charge in [-0.3, -0.25) is 9.78 Å². The van der Waals surface area contributed by atoms with Crippen molar-refractivity contribution in [3.63, 3.8) is 0 Å². The quantitative estimate of drug-likeness (QED) is 0.529. The topological polar surface area (TPSA) is 91.5 Å². The van der Waals surface area contributed by atoms with Crippen molar-refractivity contribution in [1.29, 1.82) is 0 Å². The number of carbonyl (C=O) groups excluding carboxylic acids is 1. The highest BCUT2D eigenvalue weighted by Gasteiger charge is 2.35. The number of hydrogen-bond acceptors (Lipinski definition) is 6. The van der Waals surface area contributed by atoms with Crippen LogP contribution in [0.25, 0.3) is 22.4 Å². The van der Waals surface area contributed by atoms with E-state index < -0.39 is 12.1 Å². The van der Waals surface area contributed by atoms with Crippen molar-refractivity contribution in [1.82, 2.24) is 15.3 Å². The van der Waals surface area contributed by atoms with Crippen molar-refractivity contribution >= 4 is 23.0 Å². The van der Waals surface area contributed by atoms with Gasteiger partial charge in [0.15, 0.2) is 5.58 Å². The Bertz CT molecular complexity index is 1210. The molecule has 2 atom stereocenters. The fourth-order valence-corrected chi connectivity index (χ4v) is 3.68. The fraction of sp³-hybridized carbons (Fsp3) is 0.174. The summed E-state index contributed by atoms with van der Waals surface area (Å²) in [7, 11) is 0. The van der Waals surface area contributed by atoms with E-state index in [-0.39, 0.29) is 11.7 Å². The molecule has 2 aromatic carbocycles. The van der Waals surface area contributed by atoms with Crippen LogP contribution in [0.3, 0.4) is 0 Å². The van der Waals surface area contributed by atoms with Gasteiger partial charge in [-0.1, -0.05) is 24.3 Å². The van der Waals surface area contributed by atoms with Gasteiger partial charge in [-0.2, -0.15) is 4.98 Å². The number of pyridine rings is 1. The predicted molar refractivity (Wildman–Crippen MR) is 113 cm³/mol. The molecule has 0 saturated carbocycles. The third kappa shape index (κ3) is 3.85. The number of β-amino-alcohol motifs (C(OH)–C–C–N with tert-alkyl or cyclic N) is 1. The van der Waals surface area contributed by atoms with Crippen molar-refractivity contribution in [2.45, 2.75) is 12.1 Å². The molecule has 1 aliphatic rings. The largest absolute Gasteiger partial charge is 0.423 e. The van der Waals surface area contributed by atoms with Crippen LogP contribution >= 0.6 is 0 Å². The number of halogens is 1. The van der Waals surface area contributed by atoms with E-state index in [1.54, 1.807) is 29.2 Å². The molecule has 31 heavy (non-hydrogen) atoms. The van der Waals surface area contributed by atoms with Crippen LogP contribution in [0.1, 0.15) is 10.4 Å². The molecule has 156 valence electrons. The number of aliphatic hydroxyl groups is 1. The van der Waals surface area contributed by atoms with Crippen molar-refractivity contribution in [3.8, 4) is 11.3 Å². The van der Waals surface area contributed by atoms with Gasteiger partial charge in [0.1, 0.15) is 11.3 Å². The number of aromatic nitrogens is 2. The van der Waals surface area contributed by atoms with Gasteiger partial charge in [0, 0.05) is 18.3 Å². The highest BCUT2D eigenvalue weighted by Crippen LogP contribution is 2.25. The molecule has 7 nitrogen and oxygen atoms in total. The Labute approximate surface area is 177 Å². The lowest BCUT2D eigenvalue weighted by Crippen LogP contribution is -2.42. The molecule has 2 aromatic heterocycles. The third-order valence-electron chi connectivity index (χ3n) is 5.30. The number of amides is 1. The second kappa shape index (κ2) is 7.81. The van der Waals surface area contributed by atoms with E-state index in [2.05, 4.69) is 15.3 Å². The summed E-state index contributed by atoms with van der Waals surface area (Å²) in [5.41, 5.74) is 2.96. The second-order valence-electron chi connectivity index (χ2n) is 7.46. The van der Waals surface area contributed by atoms with Crippen LogP contribution in [0.5, 0.6) is 0 Å². The van der Waals surface area contributed by atoms with Gasteiger partial charge in [0.25, 0.3) is 11.9 Å². The van der Waals surface area contributed by atoms with Crippen molar-refractivity contribution in [3.05, 3.63) is 78.2 Å². The summed E-state index contributed by atoms with van der Waals surface area (Å²) in [5, 5.41) is 13.3. The van der Waals surface area contributed by atoms with Crippen molar-refractivity contribution < 1.29 is 18.7 Å². The number of rotatable bonds is 4. The molecule has 1 saturated heterocycles. The summed E-state index contributed by atoms with van der Waals surface area (Å²) in [6.45, 7) is 0.670. The van der Waals surface area contributed by atoms with E-state index in [0.717, 1.165) is 5.52 Å². The number of nitrogens with zero attached hydrogens (tertiary/aromatic N) is 3. The zero-order valence-electron chi connectivity index (χ0n) is 16.4. The normalized spacial score (nSPS) is 18.5. The summed E-state index contributed by atoms with van der Waals surface area (Å²) < 4.78 is 19.2. The number of carbonyl (C=O) groups is 1. The molecule has 2 N–H and O–H groups in total. The van der Waals surface area contributed by atoms with Crippen molar-refractivity contribution in [2.24, 2.45) is 0 Å². The molecule has 0 unspecified atom stereocenters. The zero-order chi connectivity index (χ0) is 21.4. The summed E-state index contributed by atoms with van der Waals surface area (Å²) in [6, 6.07) is 16.8. The summed E-state index contributed by atoms with van der Waals surface area (Å²) in [4.78, 5) is 23.2. The van der Waals surface area contributed by atoms with Crippen LogP contribution in [0.2, 0.25) is 0 Å². The van der Waals surface area contributed by atoms with Crippen LogP contribution in [0.4, 0.5) is 10.4 Å². The average Bonchev–Trinajstić information content (AvgIpc) is 3.37. The van der Waals surface area contributed by atoms with Gasteiger partial charge in [-0.05, 0) is 36.4 Å². The number of aliphatic hydroxyl groups excluding tert-OH is 1. The number of benzene rings is 2. The van der Waals surface area contributed by atoms with Crippen LogP contribution in [0, 0.1) is 5.82 Å². The first-order chi connectivity index (χ1) is 15.1. The number of oxazole rings is 1. The zero-order valence-corrected chi connectivity index (χ0v) is 16.4. The van der Waals surface area contributed by atoms with Gasteiger partial charge >= 0.3 is 0 Å². The smallest absolute Gasteiger partial charge is 0.298 e. The van der Waals surface area contributed by atoms with E-state index in [0.29, 0.717) is 41.5 Å². The Morgan fingerprint density at radius 3 is 2.77 bits per heavy atom. The van der Waals surface area contributed by atoms with Gasteiger partial charge in [0.05, 0.1) is 29.9 Å². The third-order valence-corrected chi connectivity index (χ3v) is 5.30. The molecule has 1 aliphatic heterocycles. The van der Waals surface area contributed by atoms with E-state index >= 15 is 0 Å². The molecular formula is C23H19FN4O3. The van der Waals surface area contributed by atoms with Crippen LogP contribution in [-0.4, -0.2) is 46.2 Å². The van der Waals surface area contributed by atoms with E-state index in [4.69, 9.17) is 4.42 Å². The maximum absolute atomic E-state index is 13.4. The highest BCUT2D eigenvalue weighted by atomic mass is 19.1. The van der Waals surface area contributed by atoms with Crippen LogP contribution in [0.15, 0.2) is 71.3 Å². The minimum Gasteiger partial charge on any atom is -0.423 e. The molecule has 4 aromatic rings. The van der Waals surface area contributed by atoms with E-state index in [1.807, 2.05) is 24.3 Å². The van der Waals surface area contributed by atoms with E-state index in [9.17, 15) is 14.3 Å². The molecule has 1 fully saturated rings. The number of para-hydroxylation sites is 2. The number of anilines is 1. The lowest BCUT2D eigenvalue weighted by atomic mass is 10.1. The van der Waals surface area contributed by atoms with Crippen LogP contribution in [-0.2, 0) is 0 Å². The molecule has 0 spiro atoms. The first-order valence-corrected chi connectivity index (χ1v) is 9.88. The monoisotopic (exact) mass is 418 g/mol. The molecule has 0 aliphatic carbocycles. The maximum Gasteiger partial charge on any atom is 0.298 e. The number of hydrogen-bond donors (Lipinski definition) is 2. The van der Waals surface area contributed by atoms with Gasteiger partial charge < -0.3 is 19.7 Å². The predicted octanol–water partition coefficient (Wildman–Crippen LogP) is 3.01. The molecule has 0 radical (unpaired) electrons. The minimum absolute atomic E-state index is 0.300. The maximum atomic E-state index is 13.4. The van der Waals surface area contributed by atoms with Gasteiger partial charge in [-0.15, -0.1) is 0 Å². The highest BCUT2D eigenvalue weighted by molar-refractivity contribution is 5.94.